The highest BCUT2D eigenvalue weighted by molar-refractivity contribution is 7.89. The highest BCUT2D eigenvalue weighted by Gasteiger charge is 2.16. The van der Waals surface area contributed by atoms with Gasteiger partial charge in [-0.1, -0.05) is 35.0 Å². The predicted molar refractivity (Wildman–Crippen MR) is 104 cm³/mol. The number of hydrogen-bond donors (Lipinski definition) is 1. The Balaban J connectivity index is 1.66. The van der Waals surface area contributed by atoms with Gasteiger partial charge in [-0.15, -0.1) is 5.10 Å². The van der Waals surface area contributed by atoms with Gasteiger partial charge in [0.05, 0.1) is 23.2 Å². The molecule has 1 N–H and O–H groups in total. The summed E-state index contributed by atoms with van der Waals surface area (Å²) in [6.45, 7) is 2.07. The molecule has 0 aliphatic carbocycles. The summed E-state index contributed by atoms with van der Waals surface area (Å²) in [5.41, 5.74) is 2.89. The molecule has 0 saturated heterocycles. The van der Waals surface area contributed by atoms with Crippen LogP contribution in [0.2, 0.25) is 0 Å². The van der Waals surface area contributed by atoms with Crippen LogP contribution in [-0.4, -0.2) is 29.1 Å². The number of rotatable bonds is 6. The fraction of sp³-hybridized carbons (Fsp3) is 0.105. The molecule has 0 radical (unpaired) electrons. The first-order valence-corrected chi connectivity index (χ1v) is 9.98. The summed E-state index contributed by atoms with van der Waals surface area (Å²) in [5.74, 6) is 0.436. The quantitative estimate of drug-likeness (QED) is 0.399. The van der Waals surface area contributed by atoms with Gasteiger partial charge in [-0.3, -0.25) is 0 Å². The smallest absolute Gasteiger partial charge is 0.276 e. The molecule has 2 heterocycles. The second-order valence-corrected chi connectivity index (χ2v) is 7.84. The van der Waals surface area contributed by atoms with Crippen LogP contribution in [-0.2, 0) is 16.6 Å². The molecule has 0 bridgehead atoms. The van der Waals surface area contributed by atoms with Gasteiger partial charge >= 0.3 is 0 Å². The molecule has 8 nitrogen and oxygen atoms in total. The number of aromatic nitrogens is 3. The molecule has 0 spiro atoms. The molecule has 0 atom stereocenters. The average molecular weight is 395 g/mol. The zero-order valence-electron chi connectivity index (χ0n) is 15.0. The monoisotopic (exact) mass is 395 g/mol. The van der Waals surface area contributed by atoms with Crippen molar-refractivity contribution in [1.29, 1.82) is 0 Å². The number of nitrogens with one attached hydrogen (secondary N) is 1. The van der Waals surface area contributed by atoms with Crippen molar-refractivity contribution in [2.24, 2.45) is 5.10 Å². The van der Waals surface area contributed by atoms with Crippen molar-refractivity contribution in [2.45, 2.75) is 18.4 Å². The third kappa shape index (κ3) is 3.65. The van der Waals surface area contributed by atoms with E-state index in [0.29, 0.717) is 11.5 Å². The topological polar surface area (TPSA) is 102 Å². The number of hydrogen-bond acceptors (Lipinski definition) is 6. The Morgan fingerprint density at radius 1 is 1.11 bits per heavy atom. The highest BCUT2D eigenvalue weighted by Crippen LogP contribution is 2.13. The zero-order valence-corrected chi connectivity index (χ0v) is 15.8. The first-order valence-electron chi connectivity index (χ1n) is 8.50. The van der Waals surface area contributed by atoms with Crippen LogP contribution in [0.1, 0.15) is 11.3 Å². The molecular formula is C19H17N5O3S. The molecule has 0 amide bonds. The van der Waals surface area contributed by atoms with Gasteiger partial charge in [0.15, 0.2) is 5.76 Å². The van der Waals surface area contributed by atoms with E-state index in [1.54, 1.807) is 28.9 Å². The molecule has 4 aromatic rings. The van der Waals surface area contributed by atoms with Crippen LogP contribution in [0.4, 0.5) is 0 Å². The molecule has 0 aliphatic heterocycles. The van der Waals surface area contributed by atoms with Gasteiger partial charge < -0.3 is 4.42 Å². The Kier molecular flexibility index (Phi) is 4.66. The second-order valence-electron chi connectivity index (χ2n) is 6.18. The van der Waals surface area contributed by atoms with Crippen molar-refractivity contribution in [1.82, 2.24) is 19.8 Å². The van der Waals surface area contributed by atoms with Crippen molar-refractivity contribution in [3.05, 3.63) is 78.3 Å². The fourth-order valence-electron chi connectivity index (χ4n) is 2.67. The lowest BCUT2D eigenvalue weighted by Gasteiger charge is -2.08. The minimum Gasteiger partial charge on any atom is -0.463 e. The highest BCUT2D eigenvalue weighted by atomic mass is 32.2. The van der Waals surface area contributed by atoms with Crippen LogP contribution in [0.25, 0.3) is 11.0 Å². The van der Waals surface area contributed by atoms with Crippen LogP contribution in [0, 0.1) is 6.92 Å². The minimum atomic E-state index is -3.81. The third-order valence-electron chi connectivity index (χ3n) is 4.16. The van der Waals surface area contributed by atoms with Gasteiger partial charge in [0.2, 0.25) is 0 Å². The number of furan rings is 1. The molecule has 4 rings (SSSR count). The van der Waals surface area contributed by atoms with Crippen LogP contribution in [0.15, 0.2) is 81.3 Å². The van der Waals surface area contributed by atoms with E-state index in [2.05, 4.69) is 20.2 Å². The van der Waals surface area contributed by atoms with Crippen molar-refractivity contribution in [3.8, 4) is 0 Å². The molecule has 28 heavy (non-hydrogen) atoms. The first-order chi connectivity index (χ1) is 13.5. The standard InChI is InChI=1S/C19H17N5O3S/c1-14-8-10-15(11-9-14)28(25,26)23-21-17(19-7-4-12-27-19)13-24-18-6-3-2-5-16(18)20-22-24/h2-12,23H,13H2,1H3/b21-17+. The van der Waals surface area contributed by atoms with Gasteiger partial charge in [-0.25, -0.2) is 4.68 Å². The maximum absolute atomic E-state index is 12.5. The molecule has 0 fully saturated rings. The summed E-state index contributed by atoms with van der Waals surface area (Å²) in [6, 6.07) is 17.4. The lowest BCUT2D eigenvalue weighted by atomic mass is 10.2. The number of para-hydroxylation sites is 1. The summed E-state index contributed by atoms with van der Waals surface area (Å²) in [4.78, 5) is 2.41. The van der Waals surface area contributed by atoms with E-state index in [4.69, 9.17) is 4.42 Å². The predicted octanol–water partition coefficient (Wildman–Crippen LogP) is 2.72. The summed E-state index contributed by atoms with van der Waals surface area (Å²) in [5, 5.41) is 12.3. The molecule has 9 heteroatoms. The van der Waals surface area contributed by atoms with Gasteiger partial charge in [0, 0.05) is 0 Å². The van der Waals surface area contributed by atoms with Crippen molar-refractivity contribution >= 4 is 26.8 Å². The summed E-state index contributed by atoms with van der Waals surface area (Å²) >= 11 is 0. The second kappa shape index (κ2) is 7.28. The number of hydrazone groups is 1. The third-order valence-corrected chi connectivity index (χ3v) is 5.38. The van der Waals surface area contributed by atoms with Gasteiger partial charge in [0.1, 0.15) is 11.2 Å². The Morgan fingerprint density at radius 2 is 1.89 bits per heavy atom. The van der Waals surface area contributed by atoms with E-state index < -0.39 is 10.0 Å². The van der Waals surface area contributed by atoms with Gasteiger partial charge in [-0.05, 0) is 43.3 Å². The number of aryl methyl sites for hydroxylation is 1. The van der Waals surface area contributed by atoms with Crippen molar-refractivity contribution in [2.75, 3.05) is 0 Å². The zero-order chi connectivity index (χ0) is 19.6. The van der Waals surface area contributed by atoms with Crippen LogP contribution < -0.4 is 4.83 Å². The largest absolute Gasteiger partial charge is 0.463 e. The molecular weight excluding hydrogens is 378 g/mol. The van der Waals surface area contributed by atoms with Gasteiger partial charge in [0.25, 0.3) is 10.0 Å². The van der Waals surface area contributed by atoms with Gasteiger partial charge in [-0.2, -0.15) is 18.4 Å². The van der Waals surface area contributed by atoms with Crippen LogP contribution in [0.5, 0.6) is 0 Å². The summed E-state index contributed by atoms with van der Waals surface area (Å²) < 4.78 is 32.1. The Bertz CT molecular complexity index is 1230. The molecule has 0 unspecified atom stereocenters. The lowest BCUT2D eigenvalue weighted by Crippen LogP contribution is -2.23. The molecule has 2 aromatic carbocycles. The normalized spacial score (nSPS) is 12.4. The van der Waals surface area contributed by atoms with E-state index in [1.165, 1.54) is 18.4 Å². The molecule has 0 aliphatic rings. The average Bonchev–Trinajstić information content (AvgIpc) is 3.36. The Labute approximate surface area is 161 Å². The summed E-state index contributed by atoms with van der Waals surface area (Å²) in [6.07, 6.45) is 1.50. The first kappa shape index (κ1) is 17.9. The fourth-order valence-corrected chi connectivity index (χ4v) is 3.50. The Morgan fingerprint density at radius 3 is 2.64 bits per heavy atom. The number of sulfonamides is 1. The lowest BCUT2D eigenvalue weighted by molar-refractivity contribution is 0.550. The van der Waals surface area contributed by atoms with E-state index in [9.17, 15) is 8.42 Å². The number of fused-ring (bicyclic) bond motifs is 1. The number of nitrogens with zero attached hydrogens (tertiary/aromatic N) is 4. The number of benzene rings is 2. The Hall–Kier alpha value is -3.46. The van der Waals surface area contributed by atoms with Crippen molar-refractivity contribution in [3.63, 3.8) is 0 Å². The van der Waals surface area contributed by atoms with E-state index in [-0.39, 0.29) is 11.4 Å². The molecule has 142 valence electrons. The van der Waals surface area contributed by atoms with E-state index in [1.807, 2.05) is 31.2 Å². The van der Waals surface area contributed by atoms with Crippen molar-refractivity contribution < 1.29 is 12.8 Å². The van der Waals surface area contributed by atoms with Crippen LogP contribution in [0.3, 0.4) is 0 Å². The van der Waals surface area contributed by atoms with Crippen LogP contribution >= 0.6 is 0 Å². The van der Waals surface area contributed by atoms with E-state index in [0.717, 1.165) is 16.6 Å². The summed E-state index contributed by atoms with van der Waals surface area (Å²) in [7, 11) is -3.81. The molecule has 2 aromatic heterocycles. The maximum atomic E-state index is 12.5. The SMILES string of the molecule is Cc1ccc(S(=O)(=O)N/N=C(\Cn2nnc3ccccc32)c2ccco2)cc1. The molecule has 0 saturated carbocycles. The minimum absolute atomic E-state index is 0.131. The maximum Gasteiger partial charge on any atom is 0.276 e. The van der Waals surface area contributed by atoms with E-state index >= 15 is 0 Å².